The van der Waals surface area contributed by atoms with Gasteiger partial charge in [0.25, 0.3) is 5.56 Å². The third kappa shape index (κ3) is 5.60. The standard InChI is InChI=1S/C35H29BrN2O5S/c1-4-42-34(40)31-21(2)37-35-38(32(31)24-16-17-29(41-3)27(36)18-24)33(39)30(44-35)19-23-11-6-8-15-28(23)43-20-25-13-9-12-22-10-5-7-14-26(22)25/h5-19,32H,4,20H2,1-3H3/b30-19+/t32-/m1/s1. The lowest BCUT2D eigenvalue weighted by molar-refractivity contribution is -0.139. The van der Waals surface area contributed by atoms with E-state index in [-0.39, 0.29) is 12.2 Å². The Labute approximate surface area is 266 Å². The Morgan fingerprint density at radius 1 is 1.02 bits per heavy atom. The molecule has 0 fully saturated rings. The summed E-state index contributed by atoms with van der Waals surface area (Å²) in [7, 11) is 1.58. The Hall–Kier alpha value is -4.47. The molecule has 2 heterocycles. The molecule has 0 amide bonds. The number of carbonyl (C=O) groups is 1. The number of carbonyl (C=O) groups excluding carboxylic acids is 1. The van der Waals surface area contributed by atoms with Crippen molar-refractivity contribution in [3.05, 3.63) is 137 Å². The zero-order valence-corrected chi connectivity index (χ0v) is 26.8. The molecule has 0 aliphatic carbocycles. The molecule has 0 N–H and O–H groups in total. The molecule has 6 rings (SSSR count). The van der Waals surface area contributed by atoms with Crippen LogP contribution in [0.5, 0.6) is 11.5 Å². The van der Waals surface area contributed by atoms with E-state index in [0.717, 1.165) is 27.5 Å². The summed E-state index contributed by atoms with van der Waals surface area (Å²) in [5.41, 5.74) is 3.13. The summed E-state index contributed by atoms with van der Waals surface area (Å²) < 4.78 is 19.9. The fraction of sp³-hybridized carbons (Fsp3) is 0.171. The topological polar surface area (TPSA) is 79.1 Å². The van der Waals surface area contributed by atoms with E-state index >= 15 is 0 Å². The molecule has 0 spiro atoms. The summed E-state index contributed by atoms with van der Waals surface area (Å²) in [5, 5.41) is 2.29. The average Bonchev–Trinajstić information content (AvgIpc) is 3.33. The number of thiazole rings is 1. The number of allylic oxidation sites excluding steroid dienone is 1. The van der Waals surface area contributed by atoms with Crippen LogP contribution in [0.1, 0.15) is 36.6 Å². The molecule has 9 heteroatoms. The van der Waals surface area contributed by atoms with Crippen molar-refractivity contribution in [2.24, 2.45) is 4.99 Å². The summed E-state index contributed by atoms with van der Waals surface area (Å²) in [6.45, 7) is 4.10. The van der Waals surface area contributed by atoms with Gasteiger partial charge in [0, 0.05) is 5.56 Å². The van der Waals surface area contributed by atoms with Gasteiger partial charge in [-0.25, -0.2) is 9.79 Å². The molecule has 4 aromatic carbocycles. The van der Waals surface area contributed by atoms with E-state index in [2.05, 4.69) is 45.2 Å². The molecule has 1 aliphatic rings. The number of methoxy groups -OCH3 is 1. The largest absolute Gasteiger partial charge is 0.496 e. The van der Waals surface area contributed by atoms with Gasteiger partial charge in [-0.3, -0.25) is 9.36 Å². The summed E-state index contributed by atoms with van der Waals surface area (Å²) >= 11 is 4.82. The summed E-state index contributed by atoms with van der Waals surface area (Å²) in [6.07, 6.45) is 1.83. The quantitative estimate of drug-likeness (QED) is 0.181. The van der Waals surface area contributed by atoms with Crippen LogP contribution in [0.15, 0.2) is 110 Å². The molecular weight excluding hydrogens is 640 g/mol. The Morgan fingerprint density at radius 3 is 2.59 bits per heavy atom. The molecule has 5 aromatic rings. The number of aromatic nitrogens is 1. The number of esters is 1. The molecule has 44 heavy (non-hydrogen) atoms. The van der Waals surface area contributed by atoms with E-state index in [1.54, 1.807) is 31.6 Å². The van der Waals surface area contributed by atoms with Crippen molar-refractivity contribution < 1.29 is 19.0 Å². The van der Waals surface area contributed by atoms with Gasteiger partial charge in [-0.15, -0.1) is 0 Å². The maximum absolute atomic E-state index is 14.1. The monoisotopic (exact) mass is 668 g/mol. The van der Waals surface area contributed by atoms with Gasteiger partial charge in [0.1, 0.15) is 18.1 Å². The Balaban J connectivity index is 1.43. The van der Waals surface area contributed by atoms with Crippen LogP contribution in [0.2, 0.25) is 0 Å². The number of hydrogen-bond acceptors (Lipinski definition) is 7. The third-order valence-electron chi connectivity index (χ3n) is 7.48. The SMILES string of the molecule is CCOC(=O)C1=C(C)N=c2s/c(=C/c3ccccc3OCc3cccc4ccccc34)c(=O)n2[C@@H]1c1ccc(OC)c(Br)c1. The van der Waals surface area contributed by atoms with Crippen molar-refractivity contribution in [3.63, 3.8) is 0 Å². The van der Waals surface area contributed by atoms with Gasteiger partial charge in [0.05, 0.1) is 40.0 Å². The maximum Gasteiger partial charge on any atom is 0.338 e. The highest BCUT2D eigenvalue weighted by Crippen LogP contribution is 2.35. The van der Waals surface area contributed by atoms with Crippen molar-refractivity contribution in [1.82, 2.24) is 4.57 Å². The van der Waals surface area contributed by atoms with Gasteiger partial charge in [0.2, 0.25) is 0 Å². The van der Waals surface area contributed by atoms with Crippen molar-refractivity contribution in [1.29, 1.82) is 0 Å². The Kier molecular flexibility index (Phi) is 8.50. The van der Waals surface area contributed by atoms with Crippen LogP contribution in [0, 0.1) is 0 Å². The van der Waals surface area contributed by atoms with Crippen LogP contribution in [0.25, 0.3) is 16.8 Å². The van der Waals surface area contributed by atoms with E-state index in [4.69, 9.17) is 14.2 Å². The first-order valence-electron chi connectivity index (χ1n) is 14.1. The summed E-state index contributed by atoms with van der Waals surface area (Å²) in [6, 6.07) is 26.8. The van der Waals surface area contributed by atoms with Gasteiger partial charge in [-0.2, -0.15) is 0 Å². The van der Waals surface area contributed by atoms with E-state index in [1.807, 2.05) is 60.7 Å². The second-order valence-electron chi connectivity index (χ2n) is 10.2. The van der Waals surface area contributed by atoms with Crippen molar-refractivity contribution in [2.45, 2.75) is 26.5 Å². The molecule has 0 radical (unpaired) electrons. The smallest absolute Gasteiger partial charge is 0.338 e. The molecule has 1 atom stereocenters. The van der Waals surface area contributed by atoms with Crippen molar-refractivity contribution in [2.75, 3.05) is 13.7 Å². The van der Waals surface area contributed by atoms with Gasteiger partial charge < -0.3 is 14.2 Å². The lowest BCUT2D eigenvalue weighted by Crippen LogP contribution is -2.40. The predicted molar refractivity (Wildman–Crippen MR) is 176 cm³/mol. The number of nitrogens with zero attached hydrogens (tertiary/aromatic N) is 2. The van der Waals surface area contributed by atoms with E-state index in [0.29, 0.717) is 43.2 Å². The number of ether oxygens (including phenoxy) is 3. The normalized spacial score (nSPS) is 14.7. The van der Waals surface area contributed by atoms with Gasteiger partial charge >= 0.3 is 5.97 Å². The molecular formula is C35H29BrN2O5S. The number of fused-ring (bicyclic) bond motifs is 2. The minimum absolute atomic E-state index is 0.203. The highest BCUT2D eigenvalue weighted by atomic mass is 79.9. The fourth-order valence-corrected chi connectivity index (χ4v) is 7.00. The molecule has 0 unspecified atom stereocenters. The number of rotatable bonds is 8. The number of para-hydroxylation sites is 1. The lowest BCUT2D eigenvalue weighted by atomic mass is 9.96. The number of hydrogen-bond donors (Lipinski definition) is 0. The van der Waals surface area contributed by atoms with Gasteiger partial charge in [-0.05, 0) is 76.0 Å². The Bertz CT molecular complexity index is 2110. The number of halogens is 1. The Morgan fingerprint density at radius 2 is 1.80 bits per heavy atom. The van der Waals surface area contributed by atoms with E-state index in [9.17, 15) is 9.59 Å². The third-order valence-corrected chi connectivity index (χ3v) is 9.08. The second-order valence-corrected chi connectivity index (χ2v) is 12.0. The van der Waals surface area contributed by atoms with Crippen LogP contribution in [0.4, 0.5) is 0 Å². The minimum Gasteiger partial charge on any atom is -0.496 e. The second kappa shape index (κ2) is 12.6. The van der Waals surface area contributed by atoms with Crippen LogP contribution in [0.3, 0.4) is 0 Å². The molecule has 1 aliphatic heterocycles. The molecule has 0 saturated carbocycles. The first-order chi connectivity index (χ1) is 21.4. The van der Waals surface area contributed by atoms with Crippen LogP contribution < -0.4 is 24.4 Å². The minimum atomic E-state index is -0.729. The van der Waals surface area contributed by atoms with Crippen molar-refractivity contribution in [3.8, 4) is 11.5 Å². The first-order valence-corrected chi connectivity index (χ1v) is 15.7. The lowest BCUT2D eigenvalue weighted by Gasteiger charge is -2.25. The van der Waals surface area contributed by atoms with Gasteiger partial charge in [-0.1, -0.05) is 78.1 Å². The maximum atomic E-state index is 14.1. The van der Waals surface area contributed by atoms with Crippen LogP contribution >= 0.6 is 27.3 Å². The predicted octanol–water partition coefficient (Wildman–Crippen LogP) is 6.30. The number of benzene rings is 4. The highest BCUT2D eigenvalue weighted by molar-refractivity contribution is 9.10. The fourth-order valence-electron chi connectivity index (χ4n) is 5.41. The average molecular weight is 670 g/mol. The molecule has 1 aromatic heterocycles. The first kappa shape index (κ1) is 29.6. The zero-order valence-electron chi connectivity index (χ0n) is 24.4. The molecule has 222 valence electrons. The van der Waals surface area contributed by atoms with E-state index in [1.165, 1.54) is 11.3 Å². The summed E-state index contributed by atoms with van der Waals surface area (Å²) in [4.78, 5) is 32.5. The van der Waals surface area contributed by atoms with Crippen LogP contribution in [-0.4, -0.2) is 24.3 Å². The van der Waals surface area contributed by atoms with Crippen molar-refractivity contribution >= 4 is 50.1 Å². The molecule has 0 saturated heterocycles. The van der Waals surface area contributed by atoms with E-state index < -0.39 is 12.0 Å². The molecule has 7 nitrogen and oxygen atoms in total. The van der Waals surface area contributed by atoms with Crippen LogP contribution in [-0.2, 0) is 16.1 Å². The molecule has 0 bridgehead atoms. The highest BCUT2D eigenvalue weighted by Gasteiger charge is 2.33. The zero-order chi connectivity index (χ0) is 30.8. The summed E-state index contributed by atoms with van der Waals surface area (Å²) in [5.74, 6) is 0.789. The van der Waals surface area contributed by atoms with Gasteiger partial charge in [0.15, 0.2) is 4.80 Å².